The molecule has 1 aliphatic rings. The maximum atomic E-state index is 13.4. The number of rotatable bonds is 10. The number of nitrogens with one attached hydrogen (secondary N) is 1. The molecule has 0 spiro atoms. The third-order valence-electron chi connectivity index (χ3n) is 5.77. The summed E-state index contributed by atoms with van der Waals surface area (Å²) < 4.78 is 68.5. The Kier molecular flexibility index (Phi) is 8.50. The van der Waals surface area contributed by atoms with E-state index in [1.165, 1.54) is 12.3 Å². The number of pyridine rings is 1. The van der Waals surface area contributed by atoms with Crippen LogP contribution in [0.2, 0.25) is 0 Å². The van der Waals surface area contributed by atoms with Gasteiger partial charge in [-0.15, -0.1) is 11.3 Å². The molecule has 4 rings (SSSR count). The SMILES string of the molecule is NS(=O)(=O)CCNC(=O)C(c1nc2ccc(-c3ccc(F)nc3)cc2s1)S(=O)(=O)CCN1CCOCC1. The molecular formula is C22H26FN5O6S3. The first-order valence-electron chi connectivity index (χ1n) is 11.3. The first-order chi connectivity index (χ1) is 17.5. The molecule has 1 atom stereocenters. The summed E-state index contributed by atoms with van der Waals surface area (Å²) in [5.74, 6) is -2.30. The summed E-state index contributed by atoms with van der Waals surface area (Å²) in [4.78, 5) is 23.1. The normalized spacial score (nSPS) is 16.1. The van der Waals surface area contributed by atoms with Crippen molar-refractivity contribution in [2.24, 2.45) is 5.14 Å². The van der Waals surface area contributed by atoms with Crippen LogP contribution in [-0.2, 0) is 29.4 Å². The number of benzene rings is 1. The van der Waals surface area contributed by atoms with Gasteiger partial charge < -0.3 is 10.1 Å². The number of aromatic nitrogens is 2. The number of sulfonamides is 1. The Morgan fingerprint density at radius 3 is 2.54 bits per heavy atom. The summed E-state index contributed by atoms with van der Waals surface area (Å²) in [5.41, 5.74) is 1.87. The minimum atomic E-state index is -4.03. The third kappa shape index (κ3) is 7.27. The molecule has 37 heavy (non-hydrogen) atoms. The van der Waals surface area contributed by atoms with Crippen LogP contribution in [0.3, 0.4) is 0 Å². The molecule has 11 nitrogen and oxygen atoms in total. The quantitative estimate of drug-likeness (QED) is 0.334. The van der Waals surface area contributed by atoms with E-state index in [1.807, 2.05) is 4.90 Å². The zero-order valence-corrected chi connectivity index (χ0v) is 22.1. The highest BCUT2D eigenvalue weighted by Crippen LogP contribution is 2.34. The largest absolute Gasteiger partial charge is 0.379 e. The second-order valence-corrected chi connectivity index (χ2v) is 13.5. The van der Waals surface area contributed by atoms with Crippen molar-refractivity contribution in [3.8, 4) is 11.1 Å². The average molecular weight is 572 g/mol. The van der Waals surface area contributed by atoms with Crippen LogP contribution in [0.15, 0.2) is 36.5 Å². The highest BCUT2D eigenvalue weighted by molar-refractivity contribution is 7.92. The van der Waals surface area contributed by atoms with E-state index in [-0.39, 0.29) is 23.8 Å². The Hall–Kier alpha value is -2.56. The van der Waals surface area contributed by atoms with Crippen molar-refractivity contribution in [3.63, 3.8) is 0 Å². The van der Waals surface area contributed by atoms with E-state index in [0.717, 1.165) is 16.9 Å². The smallest absolute Gasteiger partial charge is 0.245 e. The number of morpholine rings is 1. The summed E-state index contributed by atoms with van der Waals surface area (Å²) in [6.07, 6.45) is 1.39. The Morgan fingerprint density at radius 2 is 1.86 bits per heavy atom. The zero-order chi connectivity index (χ0) is 26.6. The highest BCUT2D eigenvalue weighted by atomic mass is 32.2. The van der Waals surface area contributed by atoms with Gasteiger partial charge in [0.1, 0.15) is 5.01 Å². The minimum Gasteiger partial charge on any atom is -0.379 e. The molecule has 1 fully saturated rings. The van der Waals surface area contributed by atoms with Gasteiger partial charge in [0.15, 0.2) is 15.1 Å². The molecule has 1 unspecified atom stereocenters. The maximum Gasteiger partial charge on any atom is 0.245 e. The monoisotopic (exact) mass is 571 g/mol. The molecule has 3 heterocycles. The van der Waals surface area contributed by atoms with Crippen LogP contribution in [-0.4, -0.2) is 88.5 Å². The van der Waals surface area contributed by atoms with Crippen LogP contribution in [0.4, 0.5) is 4.39 Å². The number of hydrogen-bond donors (Lipinski definition) is 2. The lowest BCUT2D eigenvalue weighted by Crippen LogP contribution is -2.42. The van der Waals surface area contributed by atoms with Gasteiger partial charge in [0, 0.05) is 37.9 Å². The van der Waals surface area contributed by atoms with E-state index < -0.39 is 42.7 Å². The standard InChI is InChI=1S/C22H26FN5O6S3/c23-19-4-2-16(14-26-19)15-1-3-17-18(13-15)35-22(27-17)20(21(29)25-5-11-37(24,32)33)36(30,31)12-8-28-6-9-34-10-7-28/h1-4,13-14,20H,5-12H2,(H,25,29)(H2,24,32,33). The van der Waals surface area contributed by atoms with Crippen molar-refractivity contribution in [1.82, 2.24) is 20.2 Å². The first kappa shape index (κ1) is 27.5. The molecule has 0 radical (unpaired) electrons. The molecule has 0 aliphatic carbocycles. The molecule has 2 aromatic heterocycles. The van der Waals surface area contributed by atoms with Crippen LogP contribution in [0.5, 0.6) is 0 Å². The van der Waals surface area contributed by atoms with E-state index in [0.29, 0.717) is 42.1 Å². The van der Waals surface area contributed by atoms with Gasteiger partial charge in [-0.05, 0) is 29.8 Å². The molecule has 0 saturated carbocycles. The van der Waals surface area contributed by atoms with Crippen LogP contribution in [0, 0.1) is 5.95 Å². The van der Waals surface area contributed by atoms with E-state index in [2.05, 4.69) is 15.3 Å². The summed E-state index contributed by atoms with van der Waals surface area (Å²) in [5, 5.41) is 5.82. The van der Waals surface area contributed by atoms with Gasteiger partial charge >= 0.3 is 0 Å². The number of sulfone groups is 1. The van der Waals surface area contributed by atoms with Crippen molar-refractivity contribution in [2.45, 2.75) is 5.25 Å². The molecule has 200 valence electrons. The van der Waals surface area contributed by atoms with E-state index in [9.17, 15) is 26.0 Å². The van der Waals surface area contributed by atoms with Crippen molar-refractivity contribution in [2.75, 3.05) is 50.9 Å². The lowest BCUT2D eigenvalue weighted by molar-refractivity contribution is -0.120. The molecule has 0 bridgehead atoms. The molecule has 1 aliphatic heterocycles. The van der Waals surface area contributed by atoms with Gasteiger partial charge in [-0.2, -0.15) is 4.39 Å². The van der Waals surface area contributed by atoms with Crippen LogP contribution >= 0.6 is 11.3 Å². The number of thiazole rings is 1. The highest BCUT2D eigenvalue weighted by Gasteiger charge is 2.37. The third-order valence-corrected chi connectivity index (χ3v) is 9.68. The van der Waals surface area contributed by atoms with Gasteiger partial charge in [-0.1, -0.05) is 6.07 Å². The number of hydrogen-bond acceptors (Lipinski definition) is 10. The van der Waals surface area contributed by atoms with Crippen LogP contribution < -0.4 is 10.5 Å². The Bertz CT molecular complexity index is 1470. The molecule has 1 aromatic carbocycles. The van der Waals surface area contributed by atoms with Gasteiger partial charge in [0.05, 0.1) is 34.9 Å². The predicted octanol–water partition coefficient (Wildman–Crippen LogP) is 0.690. The number of primary sulfonamides is 1. The number of carbonyl (C=O) groups is 1. The second kappa shape index (κ2) is 11.4. The Balaban J connectivity index is 1.63. The minimum absolute atomic E-state index is 0.0689. The fourth-order valence-corrected chi connectivity index (χ4v) is 7.29. The van der Waals surface area contributed by atoms with E-state index in [1.54, 1.807) is 24.3 Å². The lowest BCUT2D eigenvalue weighted by atomic mass is 10.1. The molecule has 1 saturated heterocycles. The fraction of sp³-hybridized carbons (Fsp3) is 0.409. The lowest BCUT2D eigenvalue weighted by Gasteiger charge is -2.27. The van der Waals surface area contributed by atoms with Gasteiger partial charge in [0.25, 0.3) is 0 Å². The molecular weight excluding hydrogens is 545 g/mol. The number of amides is 1. The number of halogens is 1. The van der Waals surface area contributed by atoms with E-state index >= 15 is 0 Å². The van der Waals surface area contributed by atoms with Crippen LogP contribution in [0.1, 0.15) is 10.3 Å². The summed E-state index contributed by atoms with van der Waals surface area (Å²) in [6, 6.07) is 8.00. The van der Waals surface area contributed by atoms with Crippen molar-refractivity contribution < 1.29 is 30.8 Å². The van der Waals surface area contributed by atoms with E-state index in [4.69, 9.17) is 9.88 Å². The molecule has 3 aromatic rings. The topological polar surface area (TPSA) is 162 Å². The van der Waals surface area contributed by atoms with Crippen molar-refractivity contribution >= 4 is 47.3 Å². The Morgan fingerprint density at radius 1 is 1.14 bits per heavy atom. The fourth-order valence-electron chi connectivity index (χ4n) is 3.82. The maximum absolute atomic E-state index is 13.4. The van der Waals surface area contributed by atoms with Crippen molar-refractivity contribution in [3.05, 3.63) is 47.5 Å². The van der Waals surface area contributed by atoms with Gasteiger partial charge in [0.2, 0.25) is 21.9 Å². The summed E-state index contributed by atoms with van der Waals surface area (Å²) in [6.45, 7) is 2.06. The van der Waals surface area contributed by atoms with Crippen LogP contribution in [0.25, 0.3) is 21.3 Å². The molecule has 15 heteroatoms. The van der Waals surface area contributed by atoms with Crippen molar-refractivity contribution in [1.29, 1.82) is 0 Å². The first-order valence-corrected chi connectivity index (χ1v) is 15.6. The number of fused-ring (bicyclic) bond motifs is 1. The number of carbonyl (C=O) groups excluding carboxylic acids is 1. The summed E-state index contributed by atoms with van der Waals surface area (Å²) >= 11 is 1.05. The summed E-state index contributed by atoms with van der Waals surface area (Å²) in [7, 11) is -7.88. The van der Waals surface area contributed by atoms with Gasteiger partial charge in [-0.25, -0.2) is 31.9 Å². The predicted molar refractivity (Wildman–Crippen MR) is 138 cm³/mol. The zero-order valence-electron chi connectivity index (χ0n) is 19.7. The molecule has 3 N–H and O–H groups in total. The Labute approximate surface area is 217 Å². The molecule has 1 amide bonds. The second-order valence-electron chi connectivity index (χ2n) is 8.46. The average Bonchev–Trinajstić information content (AvgIpc) is 3.25. The number of nitrogens with two attached hydrogens (primary N) is 1. The number of ether oxygens (including phenoxy) is 1. The number of nitrogens with zero attached hydrogens (tertiary/aromatic N) is 3. The van der Waals surface area contributed by atoms with Gasteiger partial charge in [-0.3, -0.25) is 9.69 Å².